The summed E-state index contributed by atoms with van der Waals surface area (Å²) in [6, 6.07) is 6.50. The van der Waals surface area contributed by atoms with Crippen molar-refractivity contribution >= 4 is 39.2 Å². The van der Waals surface area contributed by atoms with E-state index in [1.54, 1.807) is 0 Å². The fraction of sp³-hybridized carbons (Fsp3) is 0.429. The van der Waals surface area contributed by atoms with Crippen molar-refractivity contribution in [2.75, 3.05) is 0 Å². The number of hydrogen-bond acceptors (Lipinski definition) is 1. The van der Waals surface area contributed by atoms with Gasteiger partial charge in [-0.2, -0.15) is 0 Å². The first-order valence-electron chi connectivity index (χ1n) is 6.28. The number of nitrogens with one attached hydrogen (secondary N) is 1. The van der Waals surface area contributed by atoms with Gasteiger partial charge in [0.2, 0.25) is 0 Å². The van der Waals surface area contributed by atoms with Crippen LogP contribution in [0.5, 0.6) is 0 Å². The summed E-state index contributed by atoms with van der Waals surface area (Å²) in [5.74, 6) is 0.660. The molecule has 0 bridgehead atoms. The molecule has 98 valence electrons. The average molecular weight is 330 g/mol. The van der Waals surface area contributed by atoms with Gasteiger partial charge >= 0.3 is 0 Å². The molecular formula is C14H18BrClN2. The molecule has 1 aliphatic rings. The van der Waals surface area contributed by atoms with E-state index in [1.165, 1.54) is 42.1 Å². The summed E-state index contributed by atoms with van der Waals surface area (Å²) in [5.41, 5.74) is 8.87. The standard InChI is InChI=1S/C14H17BrN2.ClH/c15-10-5-6-13-11(7-10)12(8-17-13)14(16)9-3-1-2-4-9;/h5-9,14,17H,1-4,16H2;1H/t14-;/m0./s1. The van der Waals surface area contributed by atoms with Gasteiger partial charge < -0.3 is 10.7 Å². The van der Waals surface area contributed by atoms with E-state index in [1.807, 2.05) is 0 Å². The zero-order valence-electron chi connectivity index (χ0n) is 10.2. The molecule has 1 heterocycles. The molecular weight excluding hydrogens is 312 g/mol. The van der Waals surface area contributed by atoms with Crippen molar-refractivity contribution in [3.8, 4) is 0 Å². The normalized spacial score (nSPS) is 17.9. The number of nitrogens with two attached hydrogens (primary N) is 1. The molecule has 1 aromatic carbocycles. The second-order valence-corrected chi connectivity index (χ2v) is 5.92. The molecule has 1 fully saturated rings. The fourth-order valence-electron chi connectivity index (χ4n) is 2.96. The number of benzene rings is 1. The molecule has 2 aromatic rings. The lowest BCUT2D eigenvalue weighted by atomic mass is 9.92. The predicted molar refractivity (Wildman–Crippen MR) is 82.1 cm³/mol. The first-order chi connectivity index (χ1) is 8.25. The average Bonchev–Trinajstić information content (AvgIpc) is 2.97. The molecule has 0 aliphatic heterocycles. The minimum absolute atomic E-state index is 0. The Morgan fingerprint density at radius 3 is 2.72 bits per heavy atom. The van der Waals surface area contributed by atoms with Crippen molar-refractivity contribution in [3.05, 3.63) is 34.4 Å². The number of H-pyrrole nitrogens is 1. The summed E-state index contributed by atoms with van der Waals surface area (Å²) in [5, 5.41) is 1.26. The highest BCUT2D eigenvalue weighted by atomic mass is 79.9. The molecule has 2 nitrogen and oxygen atoms in total. The number of fused-ring (bicyclic) bond motifs is 1. The van der Waals surface area contributed by atoms with Crippen molar-refractivity contribution < 1.29 is 0 Å². The third-order valence-corrected chi connectivity index (χ3v) is 4.44. The van der Waals surface area contributed by atoms with E-state index in [2.05, 4.69) is 45.3 Å². The predicted octanol–water partition coefficient (Wildman–Crippen LogP) is 4.54. The summed E-state index contributed by atoms with van der Waals surface area (Å²) in [6.07, 6.45) is 7.32. The second-order valence-electron chi connectivity index (χ2n) is 5.00. The van der Waals surface area contributed by atoms with Crippen LogP contribution in [0, 0.1) is 5.92 Å². The van der Waals surface area contributed by atoms with Crippen LogP contribution in [0.1, 0.15) is 37.3 Å². The van der Waals surface area contributed by atoms with Crippen LogP contribution in [0.2, 0.25) is 0 Å². The van der Waals surface area contributed by atoms with E-state index >= 15 is 0 Å². The van der Waals surface area contributed by atoms with Crippen LogP contribution in [0.4, 0.5) is 0 Å². The summed E-state index contributed by atoms with van der Waals surface area (Å²) in [7, 11) is 0. The zero-order chi connectivity index (χ0) is 11.8. The summed E-state index contributed by atoms with van der Waals surface area (Å²) < 4.78 is 1.12. The van der Waals surface area contributed by atoms with Gasteiger partial charge in [0.05, 0.1) is 0 Å². The molecule has 0 unspecified atom stereocenters. The summed E-state index contributed by atoms with van der Waals surface area (Å²) in [6.45, 7) is 0. The number of rotatable bonds is 2. The third kappa shape index (κ3) is 2.44. The minimum Gasteiger partial charge on any atom is -0.361 e. The monoisotopic (exact) mass is 328 g/mol. The first-order valence-corrected chi connectivity index (χ1v) is 7.07. The maximum atomic E-state index is 6.43. The maximum absolute atomic E-state index is 6.43. The van der Waals surface area contributed by atoms with Gasteiger partial charge in [0.15, 0.2) is 0 Å². The van der Waals surface area contributed by atoms with E-state index in [4.69, 9.17) is 5.73 Å². The summed E-state index contributed by atoms with van der Waals surface area (Å²) >= 11 is 3.53. The van der Waals surface area contributed by atoms with Gasteiger partial charge in [-0.1, -0.05) is 28.8 Å². The van der Waals surface area contributed by atoms with Gasteiger partial charge in [-0.05, 0) is 42.5 Å². The minimum atomic E-state index is 0. The van der Waals surface area contributed by atoms with Gasteiger partial charge in [-0.25, -0.2) is 0 Å². The highest BCUT2D eigenvalue weighted by molar-refractivity contribution is 9.10. The van der Waals surface area contributed by atoms with Crippen molar-refractivity contribution in [2.24, 2.45) is 11.7 Å². The Morgan fingerprint density at radius 2 is 2.00 bits per heavy atom. The van der Waals surface area contributed by atoms with E-state index < -0.39 is 0 Å². The molecule has 1 saturated carbocycles. The van der Waals surface area contributed by atoms with E-state index in [-0.39, 0.29) is 18.4 Å². The van der Waals surface area contributed by atoms with Crippen LogP contribution >= 0.6 is 28.3 Å². The highest BCUT2D eigenvalue weighted by Crippen LogP contribution is 2.37. The Hall–Kier alpha value is -0.510. The van der Waals surface area contributed by atoms with Gasteiger partial charge in [-0.3, -0.25) is 0 Å². The number of aromatic nitrogens is 1. The molecule has 0 amide bonds. The largest absolute Gasteiger partial charge is 0.361 e. The molecule has 1 atom stereocenters. The lowest BCUT2D eigenvalue weighted by Gasteiger charge is -2.18. The Kier molecular flexibility index (Phi) is 4.36. The molecule has 1 aliphatic carbocycles. The molecule has 1 aromatic heterocycles. The first kappa shape index (κ1) is 13.9. The third-order valence-electron chi connectivity index (χ3n) is 3.94. The molecule has 4 heteroatoms. The second kappa shape index (κ2) is 5.64. The van der Waals surface area contributed by atoms with Crippen LogP contribution < -0.4 is 5.73 Å². The van der Waals surface area contributed by atoms with Crippen molar-refractivity contribution in [1.29, 1.82) is 0 Å². The van der Waals surface area contributed by atoms with Crippen molar-refractivity contribution in [3.63, 3.8) is 0 Å². The maximum Gasteiger partial charge on any atom is 0.0458 e. The van der Waals surface area contributed by atoms with Gasteiger partial charge in [0, 0.05) is 27.6 Å². The Morgan fingerprint density at radius 1 is 1.28 bits per heavy atom. The topological polar surface area (TPSA) is 41.8 Å². The van der Waals surface area contributed by atoms with E-state index in [9.17, 15) is 0 Å². The number of hydrogen-bond donors (Lipinski definition) is 2. The van der Waals surface area contributed by atoms with Crippen LogP contribution in [0.3, 0.4) is 0 Å². The van der Waals surface area contributed by atoms with Crippen LogP contribution in [-0.2, 0) is 0 Å². The highest BCUT2D eigenvalue weighted by Gasteiger charge is 2.25. The number of aromatic amines is 1. The van der Waals surface area contributed by atoms with E-state index in [0.717, 1.165) is 4.47 Å². The lowest BCUT2D eigenvalue weighted by Crippen LogP contribution is -2.18. The van der Waals surface area contributed by atoms with Gasteiger partial charge in [0.1, 0.15) is 0 Å². The van der Waals surface area contributed by atoms with Crippen molar-refractivity contribution in [1.82, 2.24) is 4.98 Å². The fourth-order valence-corrected chi connectivity index (χ4v) is 3.32. The van der Waals surface area contributed by atoms with Gasteiger partial charge in [0.25, 0.3) is 0 Å². The molecule has 0 radical (unpaired) electrons. The molecule has 3 rings (SSSR count). The lowest BCUT2D eigenvalue weighted by molar-refractivity contribution is 0.447. The molecule has 0 saturated heterocycles. The smallest absolute Gasteiger partial charge is 0.0458 e. The van der Waals surface area contributed by atoms with Crippen LogP contribution in [-0.4, -0.2) is 4.98 Å². The van der Waals surface area contributed by atoms with Crippen LogP contribution in [0.25, 0.3) is 10.9 Å². The van der Waals surface area contributed by atoms with E-state index in [0.29, 0.717) is 5.92 Å². The molecule has 18 heavy (non-hydrogen) atoms. The molecule has 3 N–H and O–H groups in total. The van der Waals surface area contributed by atoms with Gasteiger partial charge in [-0.15, -0.1) is 12.4 Å². The Bertz CT molecular complexity index is 532. The SMILES string of the molecule is Cl.N[C@H](c1c[nH]c2ccc(Br)cc12)C1CCCC1. The quantitative estimate of drug-likeness (QED) is 0.834. The Labute approximate surface area is 122 Å². The number of halogens is 2. The Balaban J connectivity index is 0.00000120. The summed E-state index contributed by atoms with van der Waals surface area (Å²) in [4.78, 5) is 3.32. The van der Waals surface area contributed by atoms with Crippen molar-refractivity contribution in [2.45, 2.75) is 31.7 Å². The zero-order valence-corrected chi connectivity index (χ0v) is 12.6. The molecule has 0 spiro atoms. The van der Waals surface area contributed by atoms with Crippen LogP contribution in [0.15, 0.2) is 28.9 Å².